The number of furan rings is 1. The van der Waals surface area contributed by atoms with Crippen LogP contribution in [-0.2, 0) is 13.0 Å². The van der Waals surface area contributed by atoms with Crippen LogP contribution in [-0.4, -0.2) is 50.1 Å². The summed E-state index contributed by atoms with van der Waals surface area (Å²) in [6, 6.07) is 12.6. The Bertz CT molecular complexity index is 665. The van der Waals surface area contributed by atoms with Gasteiger partial charge in [-0.1, -0.05) is 12.1 Å². The predicted molar refractivity (Wildman–Crippen MR) is 106 cm³/mol. The number of methoxy groups -OCH3 is 1. The van der Waals surface area contributed by atoms with E-state index >= 15 is 0 Å². The van der Waals surface area contributed by atoms with Crippen molar-refractivity contribution >= 4 is 0 Å². The zero-order valence-corrected chi connectivity index (χ0v) is 16.4. The van der Waals surface area contributed by atoms with Gasteiger partial charge in [-0.3, -0.25) is 4.90 Å². The van der Waals surface area contributed by atoms with Crippen LogP contribution in [0.15, 0.2) is 40.8 Å². The quantitative estimate of drug-likeness (QED) is 0.715. The van der Waals surface area contributed by atoms with Crippen molar-refractivity contribution in [3.05, 3.63) is 53.5 Å². The highest BCUT2D eigenvalue weighted by Gasteiger charge is 2.21. The van der Waals surface area contributed by atoms with E-state index in [1.807, 2.05) is 13.0 Å². The van der Waals surface area contributed by atoms with E-state index in [9.17, 15) is 0 Å². The van der Waals surface area contributed by atoms with E-state index in [4.69, 9.17) is 9.15 Å². The number of piperidine rings is 1. The molecule has 26 heavy (non-hydrogen) atoms. The van der Waals surface area contributed by atoms with E-state index in [0.717, 1.165) is 49.2 Å². The molecule has 0 amide bonds. The topological polar surface area (TPSA) is 28.9 Å². The number of rotatable bonds is 8. The van der Waals surface area contributed by atoms with Crippen LogP contribution in [0.3, 0.4) is 0 Å². The molecule has 1 saturated heterocycles. The molecule has 4 heteroatoms. The Hall–Kier alpha value is -1.78. The fourth-order valence-corrected chi connectivity index (χ4v) is 3.92. The monoisotopic (exact) mass is 356 g/mol. The third kappa shape index (κ3) is 5.61. The lowest BCUT2D eigenvalue weighted by Gasteiger charge is -2.34. The minimum absolute atomic E-state index is 0.751. The van der Waals surface area contributed by atoms with E-state index < -0.39 is 0 Å². The van der Waals surface area contributed by atoms with Crippen molar-refractivity contribution in [2.45, 2.75) is 32.7 Å². The average Bonchev–Trinajstić information content (AvgIpc) is 3.05. The number of benzene rings is 1. The van der Waals surface area contributed by atoms with Gasteiger partial charge in [0.15, 0.2) is 0 Å². The Balaban J connectivity index is 1.42. The van der Waals surface area contributed by atoms with Gasteiger partial charge in [0, 0.05) is 19.6 Å². The first-order valence-corrected chi connectivity index (χ1v) is 9.71. The van der Waals surface area contributed by atoms with Crippen LogP contribution in [0, 0.1) is 12.8 Å². The second kappa shape index (κ2) is 9.24. The number of likely N-dealkylation sites (tertiary alicyclic amines) is 1. The smallest absolute Gasteiger partial charge is 0.118 e. The lowest BCUT2D eigenvalue weighted by Crippen LogP contribution is -2.40. The molecule has 1 aromatic carbocycles. The van der Waals surface area contributed by atoms with Gasteiger partial charge in [0.05, 0.1) is 13.7 Å². The first-order valence-electron chi connectivity index (χ1n) is 9.71. The van der Waals surface area contributed by atoms with Gasteiger partial charge in [-0.25, -0.2) is 0 Å². The number of nitrogens with zero attached hydrogens (tertiary/aromatic N) is 2. The van der Waals surface area contributed by atoms with Gasteiger partial charge < -0.3 is 14.1 Å². The summed E-state index contributed by atoms with van der Waals surface area (Å²) < 4.78 is 10.9. The summed E-state index contributed by atoms with van der Waals surface area (Å²) in [5, 5.41) is 0. The van der Waals surface area contributed by atoms with Gasteiger partial charge in [-0.2, -0.15) is 0 Å². The maximum Gasteiger partial charge on any atom is 0.118 e. The van der Waals surface area contributed by atoms with Gasteiger partial charge in [-0.15, -0.1) is 0 Å². The van der Waals surface area contributed by atoms with Gasteiger partial charge in [0.2, 0.25) is 0 Å². The zero-order chi connectivity index (χ0) is 18.4. The van der Waals surface area contributed by atoms with E-state index in [1.54, 1.807) is 7.11 Å². The normalized spacial score (nSPS) is 18.4. The van der Waals surface area contributed by atoms with Gasteiger partial charge in [0.1, 0.15) is 17.3 Å². The molecule has 4 nitrogen and oxygen atoms in total. The van der Waals surface area contributed by atoms with Crippen molar-refractivity contribution < 1.29 is 9.15 Å². The van der Waals surface area contributed by atoms with Gasteiger partial charge >= 0.3 is 0 Å². The van der Waals surface area contributed by atoms with Gasteiger partial charge in [0.25, 0.3) is 0 Å². The number of ether oxygens (including phenoxy) is 1. The minimum atomic E-state index is 0.751. The molecule has 3 rings (SSSR count). The molecule has 2 heterocycles. The third-order valence-electron chi connectivity index (χ3n) is 5.27. The average molecular weight is 357 g/mol. The fourth-order valence-electron chi connectivity index (χ4n) is 3.92. The van der Waals surface area contributed by atoms with Crippen molar-refractivity contribution in [1.29, 1.82) is 0 Å². The molecule has 1 atom stereocenters. The van der Waals surface area contributed by atoms with Crippen molar-refractivity contribution in [3.8, 4) is 5.75 Å². The van der Waals surface area contributed by atoms with Crippen molar-refractivity contribution in [2.24, 2.45) is 5.92 Å². The molecule has 0 radical (unpaired) electrons. The molecule has 142 valence electrons. The van der Waals surface area contributed by atoms with E-state index in [0.29, 0.717) is 0 Å². The summed E-state index contributed by atoms with van der Waals surface area (Å²) in [4.78, 5) is 5.03. The summed E-state index contributed by atoms with van der Waals surface area (Å²) in [6.07, 6.45) is 3.75. The highest BCUT2D eigenvalue weighted by molar-refractivity contribution is 5.27. The molecule has 0 bridgehead atoms. The minimum Gasteiger partial charge on any atom is -0.497 e. The standard InChI is InChI=1S/C22H32N2O2/c1-18-6-9-22(26-18)17-23(2)15-20-5-4-13-24(16-20)14-12-19-7-10-21(25-3)11-8-19/h6-11,20H,4-5,12-17H2,1-3H3/t20-/m1/s1. The van der Waals surface area contributed by atoms with Crippen molar-refractivity contribution in [3.63, 3.8) is 0 Å². The largest absolute Gasteiger partial charge is 0.497 e. The second-order valence-electron chi connectivity index (χ2n) is 7.62. The second-order valence-corrected chi connectivity index (χ2v) is 7.62. The Labute approximate surface area is 157 Å². The lowest BCUT2D eigenvalue weighted by molar-refractivity contribution is 0.139. The third-order valence-corrected chi connectivity index (χ3v) is 5.27. The van der Waals surface area contributed by atoms with Crippen LogP contribution in [0.2, 0.25) is 0 Å². The maximum absolute atomic E-state index is 5.71. The van der Waals surface area contributed by atoms with Crippen LogP contribution >= 0.6 is 0 Å². The van der Waals surface area contributed by atoms with E-state index in [2.05, 4.69) is 47.2 Å². The molecule has 2 aromatic rings. The fraction of sp³-hybridized carbons (Fsp3) is 0.545. The van der Waals surface area contributed by atoms with Crippen LogP contribution < -0.4 is 4.74 Å². The molecule has 0 N–H and O–H groups in total. The summed E-state index contributed by atoms with van der Waals surface area (Å²) in [5.74, 6) is 3.75. The summed E-state index contributed by atoms with van der Waals surface area (Å²) >= 11 is 0. The summed E-state index contributed by atoms with van der Waals surface area (Å²) in [7, 11) is 3.92. The molecule has 0 unspecified atom stereocenters. The molecule has 0 aliphatic carbocycles. The van der Waals surface area contributed by atoms with Crippen LogP contribution in [0.4, 0.5) is 0 Å². The molecule has 0 saturated carbocycles. The van der Waals surface area contributed by atoms with Crippen LogP contribution in [0.25, 0.3) is 0 Å². The molecule has 1 fully saturated rings. The van der Waals surface area contributed by atoms with Crippen molar-refractivity contribution in [2.75, 3.05) is 40.3 Å². The predicted octanol–water partition coefficient (Wildman–Crippen LogP) is 3.98. The Morgan fingerprint density at radius 1 is 1.19 bits per heavy atom. The van der Waals surface area contributed by atoms with Crippen molar-refractivity contribution in [1.82, 2.24) is 9.80 Å². The first kappa shape index (κ1) is 19.0. The summed E-state index contributed by atoms with van der Waals surface area (Å²) in [6.45, 7) is 7.62. The molecule has 1 aliphatic heterocycles. The summed E-state index contributed by atoms with van der Waals surface area (Å²) in [5.41, 5.74) is 1.39. The molecule has 1 aromatic heterocycles. The van der Waals surface area contributed by atoms with Gasteiger partial charge in [-0.05, 0) is 75.5 Å². The first-order chi connectivity index (χ1) is 12.6. The molecular formula is C22H32N2O2. The number of hydrogen-bond acceptors (Lipinski definition) is 4. The highest BCUT2D eigenvalue weighted by atomic mass is 16.5. The van der Waals surface area contributed by atoms with E-state index in [1.165, 1.54) is 31.5 Å². The zero-order valence-electron chi connectivity index (χ0n) is 16.4. The number of aryl methyl sites for hydroxylation is 1. The number of hydrogen-bond donors (Lipinski definition) is 0. The Morgan fingerprint density at radius 3 is 2.69 bits per heavy atom. The van der Waals surface area contributed by atoms with E-state index in [-0.39, 0.29) is 0 Å². The molecule has 0 spiro atoms. The molecule has 1 aliphatic rings. The Kier molecular flexibility index (Phi) is 6.75. The van der Waals surface area contributed by atoms with Crippen LogP contribution in [0.1, 0.15) is 29.9 Å². The Morgan fingerprint density at radius 2 is 2.00 bits per heavy atom. The van der Waals surface area contributed by atoms with Crippen LogP contribution in [0.5, 0.6) is 5.75 Å². The molecular weight excluding hydrogens is 324 g/mol. The lowest BCUT2D eigenvalue weighted by atomic mass is 9.97. The highest BCUT2D eigenvalue weighted by Crippen LogP contribution is 2.19. The SMILES string of the molecule is COc1ccc(CCN2CCC[C@H](CN(C)Cc3ccc(C)o3)C2)cc1. The maximum atomic E-state index is 5.71.